The number of alkyl halides is 1. The fraction of sp³-hybridized carbons (Fsp3) is 1.00. The molecule has 0 aliphatic heterocycles. The van der Waals surface area contributed by atoms with Crippen LogP contribution in [-0.4, -0.2) is 30.5 Å². The fourth-order valence-electron chi connectivity index (χ4n) is 1.07. The van der Waals surface area contributed by atoms with Crippen LogP contribution < -0.4 is 0 Å². The maximum absolute atomic E-state index is 11.5. The summed E-state index contributed by atoms with van der Waals surface area (Å²) in [6.45, 7) is 8.21. The summed E-state index contributed by atoms with van der Waals surface area (Å²) < 4.78 is 24.4. The van der Waals surface area contributed by atoms with Crippen LogP contribution in [0.4, 0.5) is 0 Å². The van der Waals surface area contributed by atoms with Crippen LogP contribution in [0.3, 0.4) is 0 Å². The van der Waals surface area contributed by atoms with E-state index in [0.29, 0.717) is 12.5 Å². The Morgan fingerprint density at radius 3 is 1.92 bits per heavy atom. The van der Waals surface area contributed by atoms with Gasteiger partial charge in [0.15, 0.2) is 0 Å². The fourth-order valence-corrected chi connectivity index (χ4v) is 2.74. The van der Waals surface area contributed by atoms with Crippen LogP contribution in [0.1, 0.15) is 27.7 Å². The van der Waals surface area contributed by atoms with Gasteiger partial charge in [-0.05, 0) is 19.8 Å². The SMILES string of the molecule is CC(C)CN(C(C)C)S(=O)(=O)CCl. The molecule has 0 spiro atoms. The second-order valence-corrected chi connectivity index (χ2v) is 6.28. The van der Waals surface area contributed by atoms with Crippen molar-refractivity contribution in [3.05, 3.63) is 0 Å². The lowest BCUT2D eigenvalue weighted by atomic mass is 10.2. The average Bonchev–Trinajstić information content (AvgIpc) is 1.99. The van der Waals surface area contributed by atoms with Gasteiger partial charge < -0.3 is 0 Å². The van der Waals surface area contributed by atoms with E-state index in [-0.39, 0.29) is 11.3 Å². The molecule has 0 heterocycles. The van der Waals surface area contributed by atoms with E-state index in [1.54, 1.807) is 0 Å². The molecule has 0 atom stereocenters. The molecule has 3 nitrogen and oxygen atoms in total. The first kappa shape index (κ1) is 13.2. The summed E-state index contributed by atoms with van der Waals surface area (Å²) in [5, 5.41) is -0.335. The van der Waals surface area contributed by atoms with Gasteiger partial charge in [0.1, 0.15) is 5.21 Å². The highest BCUT2D eigenvalue weighted by atomic mass is 35.5. The Kier molecular flexibility index (Phi) is 5.25. The van der Waals surface area contributed by atoms with Crippen molar-refractivity contribution in [1.82, 2.24) is 4.31 Å². The third kappa shape index (κ3) is 4.29. The van der Waals surface area contributed by atoms with Crippen molar-refractivity contribution < 1.29 is 8.42 Å². The van der Waals surface area contributed by atoms with Crippen LogP contribution in [-0.2, 0) is 10.0 Å². The van der Waals surface area contributed by atoms with E-state index in [1.165, 1.54) is 4.31 Å². The normalized spacial score (nSPS) is 13.2. The molecule has 0 aromatic heterocycles. The summed E-state index contributed by atoms with van der Waals surface area (Å²) in [4.78, 5) is 0. The molecule has 0 unspecified atom stereocenters. The minimum atomic E-state index is -3.26. The Labute approximate surface area is 86.1 Å². The molecule has 0 rings (SSSR count). The smallest absolute Gasteiger partial charge is 0.211 e. The van der Waals surface area contributed by atoms with Crippen LogP contribution in [0.15, 0.2) is 0 Å². The first-order valence-electron chi connectivity index (χ1n) is 4.36. The van der Waals surface area contributed by atoms with Crippen molar-refractivity contribution in [2.24, 2.45) is 5.92 Å². The molecule has 0 fully saturated rings. The molecule has 0 aliphatic carbocycles. The van der Waals surface area contributed by atoms with Crippen molar-refractivity contribution in [2.75, 3.05) is 11.8 Å². The summed E-state index contributed by atoms with van der Waals surface area (Å²) in [6, 6.07) is -0.0221. The summed E-state index contributed by atoms with van der Waals surface area (Å²) >= 11 is 5.39. The molecule has 0 aliphatic rings. The van der Waals surface area contributed by atoms with E-state index in [2.05, 4.69) is 0 Å². The third-order valence-electron chi connectivity index (χ3n) is 1.62. The van der Waals surface area contributed by atoms with E-state index in [0.717, 1.165) is 0 Å². The topological polar surface area (TPSA) is 37.4 Å². The lowest BCUT2D eigenvalue weighted by Crippen LogP contribution is -2.39. The van der Waals surface area contributed by atoms with Gasteiger partial charge in [-0.1, -0.05) is 13.8 Å². The van der Waals surface area contributed by atoms with Crippen molar-refractivity contribution in [1.29, 1.82) is 0 Å². The number of halogens is 1. The lowest BCUT2D eigenvalue weighted by molar-refractivity contribution is 0.320. The molecule has 0 aromatic carbocycles. The number of rotatable bonds is 5. The molecule has 0 saturated carbocycles. The minimum absolute atomic E-state index is 0.0221. The molecule has 80 valence electrons. The molecular formula is C8H18ClNO2S. The van der Waals surface area contributed by atoms with Gasteiger partial charge in [0.2, 0.25) is 10.0 Å². The van der Waals surface area contributed by atoms with Crippen LogP contribution in [0, 0.1) is 5.92 Å². The van der Waals surface area contributed by atoms with E-state index >= 15 is 0 Å². The number of hydrogen-bond acceptors (Lipinski definition) is 2. The third-order valence-corrected chi connectivity index (χ3v) is 4.00. The highest BCUT2D eigenvalue weighted by Crippen LogP contribution is 2.11. The summed E-state index contributed by atoms with van der Waals surface area (Å²) in [5.74, 6) is 0.320. The van der Waals surface area contributed by atoms with Crippen LogP contribution in [0.5, 0.6) is 0 Å². The summed E-state index contributed by atoms with van der Waals surface area (Å²) in [5.41, 5.74) is 0. The number of hydrogen-bond donors (Lipinski definition) is 0. The lowest BCUT2D eigenvalue weighted by Gasteiger charge is -2.26. The number of nitrogens with zero attached hydrogens (tertiary/aromatic N) is 1. The molecule has 0 saturated heterocycles. The Morgan fingerprint density at radius 2 is 1.69 bits per heavy atom. The zero-order valence-corrected chi connectivity index (χ0v) is 10.2. The maximum atomic E-state index is 11.5. The predicted molar refractivity (Wildman–Crippen MR) is 56.3 cm³/mol. The van der Waals surface area contributed by atoms with Crippen LogP contribution >= 0.6 is 11.6 Å². The van der Waals surface area contributed by atoms with Crippen molar-refractivity contribution in [3.63, 3.8) is 0 Å². The standard InChI is InChI=1S/C8H18ClNO2S/c1-7(2)5-10(8(3)4)13(11,12)6-9/h7-8H,5-6H2,1-4H3. The van der Waals surface area contributed by atoms with Gasteiger partial charge in [-0.15, -0.1) is 11.6 Å². The Morgan fingerprint density at radius 1 is 1.23 bits per heavy atom. The van der Waals surface area contributed by atoms with E-state index < -0.39 is 10.0 Å². The van der Waals surface area contributed by atoms with Gasteiger partial charge in [0, 0.05) is 12.6 Å². The van der Waals surface area contributed by atoms with Crippen molar-refractivity contribution in [2.45, 2.75) is 33.7 Å². The minimum Gasteiger partial charge on any atom is -0.211 e. The van der Waals surface area contributed by atoms with Crippen LogP contribution in [0.2, 0.25) is 0 Å². The molecular weight excluding hydrogens is 210 g/mol. The highest BCUT2D eigenvalue weighted by Gasteiger charge is 2.24. The van der Waals surface area contributed by atoms with Crippen LogP contribution in [0.25, 0.3) is 0 Å². The summed E-state index contributed by atoms with van der Waals surface area (Å²) in [6.07, 6.45) is 0. The first-order chi connectivity index (χ1) is 5.81. The van der Waals surface area contributed by atoms with E-state index in [9.17, 15) is 8.42 Å². The molecule has 0 radical (unpaired) electrons. The van der Waals surface area contributed by atoms with Gasteiger partial charge in [-0.2, -0.15) is 4.31 Å². The van der Waals surface area contributed by atoms with Gasteiger partial charge in [-0.25, -0.2) is 8.42 Å². The van der Waals surface area contributed by atoms with E-state index in [1.807, 2.05) is 27.7 Å². The molecule has 0 amide bonds. The van der Waals surface area contributed by atoms with Gasteiger partial charge >= 0.3 is 0 Å². The molecule has 0 aromatic rings. The van der Waals surface area contributed by atoms with Gasteiger partial charge in [-0.3, -0.25) is 0 Å². The second-order valence-electron chi connectivity index (χ2n) is 3.78. The Bertz CT molecular complexity index is 237. The zero-order chi connectivity index (χ0) is 10.6. The van der Waals surface area contributed by atoms with Gasteiger partial charge in [0.25, 0.3) is 0 Å². The maximum Gasteiger partial charge on any atom is 0.228 e. The highest BCUT2D eigenvalue weighted by molar-refractivity contribution is 7.90. The van der Waals surface area contributed by atoms with Crippen molar-refractivity contribution >= 4 is 21.6 Å². The quantitative estimate of drug-likeness (QED) is 0.673. The Hall–Kier alpha value is 0.200. The largest absolute Gasteiger partial charge is 0.228 e. The van der Waals surface area contributed by atoms with Gasteiger partial charge in [0.05, 0.1) is 0 Å². The monoisotopic (exact) mass is 227 g/mol. The summed E-state index contributed by atoms with van der Waals surface area (Å²) in [7, 11) is -3.26. The number of sulfonamides is 1. The molecule has 5 heteroatoms. The zero-order valence-electron chi connectivity index (χ0n) is 8.62. The average molecular weight is 228 g/mol. The Balaban J connectivity index is 4.62. The van der Waals surface area contributed by atoms with E-state index in [4.69, 9.17) is 11.6 Å². The van der Waals surface area contributed by atoms with Crippen molar-refractivity contribution in [3.8, 4) is 0 Å². The molecule has 0 N–H and O–H groups in total. The second kappa shape index (κ2) is 5.17. The predicted octanol–water partition coefficient (Wildman–Crippen LogP) is 1.88. The molecule has 13 heavy (non-hydrogen) atoms. The molecule has 0 bridgehead atoms. The first-order valence-corrected chi connectivity index (χ1v) is 6.51.